The number of ether oxygens (including phenoxy) is 1. The van der Waals surface area contributed by atoms with Crippen molar-refractivity contribution >= 4 is 35.8 Å². The Kier molecular flexibility index (Phi) is 11.0. The van der Waals surface area contributed by atoms with Gasteiger partial charge in [0.05, 0.1) is 6.54 Å². The van der Waals surface area contributed by atoms with E-state index in [-0.39, 0.29) is 47.6 Å². The summed E-state index contributed by atoms with van der Waals surface area (Å²) >= 11 is 0. The van der Waals surface area contributed by atoms with Gasteiger partial charge in [-0.1, -0.05) is 24.3 Å². The van der Waals surface area contributed by atoms with Gasteiger partial charge in [0.15, 0.2) is 17.5 Å². The van der Waals surface area contributed by atoms with Crippen LogP contribution in [-0.2, 0) is 6.54 Å². The van der Waals surface area contributed by atoms with Crippen molar-refractivity contribution < 1.29 is 13.9 Å². The number of para-hydroxylation sites is 1. The minimum atomic E-state index is -0.382. The minimum Gasteiger partial charge on any atom is -0.486 e. The maximum absolute atomic E-state index is 13.6. The van der Waals surface area contributed by atoms with Crippen molar-refractivity contribution in [3.05, 3.63) is 65.5 Å². The Balaban J connectivity index is 0.00000420. The fourth-order valence-corrected chi connectivity index (χ4v) is 2.48. The predicted molar refractivity (Wildman–Crippen MR) is 125 cm³/mol. The molecule has 0 heterocycles. The highest BCUT2D eigenvalue weighted by atomic mass is 127. The molecule has 6 nitrogen and oxygen atoms in total. The number of nitrogens with one attached hydrogen (secondary N) is 3. The molecule has 29 heavy (non-hydrogen) atoms. The second-order valence-corrected chi connectivity index (χ2v) is 6.22. The first-order valence-electron chi connectivity index (χ1n) is 9.26. The molecule has 1 atom stereocenters. The number of guanidine groups is 1. The Morgan fingerprint density at radius 2 is 1.79 bits per heavy atom. The first-order valence-corrected chi connectivity index (χ1v) is 9.26. The van der Waals surface area contributed by atoms with Gasteiger partial charge in [0.1, 0.15) is 6.10 Å². The number of rotatable bonds is 8. The third kappa shape index (κ3) is 8.26. The molecule has 0 aromatic heterocycles. The molecule has 1 amide bonds. The number of hydrogen-bond donors (Lipinski definition) is 3. The Morgan fingerprint density at radius 1 is 1.10 bits per heavy atom. The molecule has 0 bridgehead atoms. The van der Waals surface area contributed by atoms with Crippen molar-refractivity contribution in [3.8, 4) is 5.75 Å². The number of aliphatic imine (C=N–C) groups is 1. The summed E-state index contributed by atoms with van der Waals surface area (Å²) in [6.45, 7) is 5.36. The lowest BCUT2D eigenvalue weighted by Gasteiger charge is -2.18. The summed E-state index contributed by atoms with van der Waals surface area (Å²) < 4.78 is 19.2. The third-order valence-corrected chi connectivity index (χ3v) is 3.96. The monoisotopic (exact) mass is 514 g/mol. The Morgan fingerprint density at radius 3 is 2.41 bits per heavy atom. The molecule has 0 spiro atoms. The molecule has 158 valence electrons. The summed E-state index contributed by atoms with van der Waals surface area (Å²) in [5.41, 5.74) is 1.65. The van der Waals surface area contributed by atoms with Gasteiger partial charge in [-0.3, -0.25) is 9.79 Å². The van der Waals surface area contributed by atoms with Crippen LogP contribution < -0.4 is 20.7 Å². The molecule has 2 rings (SSSR count). The average molecular weight is 514 g/mol. The molecule has 1 unspecified atom stereocenters. The van der Waals surface area contributed by atoms with E-state index in [1.165, 1.54) is 6.07 Å². The number of carbonyl (C=O) groups excluding carboxylic acids is 1. The van der Waals surface area contributed by atoms with E-state index in [4.69, 9.17) is 4.74 Å². The molecule has 2 aromatic carbocycles. The van der Waals surface area contributed by atoms with Crippen molar-refractivity contribution in [1.82, 2.24) is 16.0 Å². The molecule has 0 saturated heterocycles. The summed E-state index contributed by atoms with van der Waals surface area (Å²) in [7, 11) is 1.68. The molecule has 0 aliphatic rings. The molecular formula is C21H28FIN4O2. The average Bonchev–Trinajstić information content (AvgIpc) is 2.70. The van der Waals surface area contributed by atoms with Crippen molar-refractivity contribution in [2.45, 2.75) is 26.5 Å². The topological polar surface area (TPSA) is 74.8 Å². The zero-order chi connectivity index (χ0) is 20.4. The summed E-state index contributed by atoms with van der Waals surface area (Å²) in [5, 5.41) is 9.12. The molecule has 0 aliphatic heterocycles. The van der Waals surface area contributed by atoms with Gasteiger partial charge in [0.25, 0.3) is 5.91 Å². The van der Waals surface area contributed by atoms with Gasteiger partial charge in [-0.25, -0.2) is 4.39 Å². The van der Waals surface area contributed by atoms with E-state index in [9.17, 15) is 9.18 Å². The molecule has 3 N–H and O–H groups in total. The van der Waals surface area contributed by atoms with Crippen LogP contribution >= 0.6 is 24.0 Å². The van der Waals surface area contributed by atoms with E-state index in [0.717, 1.165) is 5.56 Å². The van der Waals surface area contributed by atoms with Gasteiger partial charge in [-0.05, 0) is 43.7 Å². The summed E-state index contributed by atoms with van der Waals surface area (Å²) in [5.74, 6) is 0.375. The van der Waals surface area contributed by atoms with Crippen LogP contribution in [0.1, 0.15) is 29.8 Å². The van der Waals surface area contributed by atoms with E-state index in [0.29, 0.717) is 31.2 Å². The number of halogens is 2. The lowest BCUT2D eigenvalue weighted by atomic mass is 10.1. The number of amides is 1. The standard InChI is InChI=1S/C21H27FN4O2.HI/c1-4-24-20(27)17-11-9-16(10-12-17)14-26-21(23-3)25-13-15(2)28-19-8-6-5-7-18(19)22;/h5-12,15H,4,13-14H2,1-3H3,(H,24,27)(H2,23,25,26);1H. The van der Waals surface area contributed by atoms with Crippen LogP contribution in [0.25, 0.3) is 0 Å². The maximum atomic E-state index is 13.6. The molecular weight excluding hydrogens is 486 g/mol. The van der Waals surface area contributed by atoms with Crippen molar-refractivity contribution in [1.29, 1.82) is 0 Å². The number of hydrogen-bond acceptors (Lipinski definition) is 3. The molecule has 0 aliphatic carbocycles. The first-order chi connectivity index (χ1) is 13.5. The van der Waals surface area contributed by atoms with Gasteiger partial charge in [-0.15, -0.1) is 24.0 Å². The third-order valence-electron chi connectivity index (χ3n) is 3.96. The molecule has 2 aromatic rings. The Labute approximate surface area is 188 Å². The second-order valence-electron chi connectivity index (χ2n) is 6.22. The highest BCUT2D eigenvalue weighted by Crippen LogP contribution is 2.16. The van der Waals surface area contributed by atoms with Crippen LogP contribution in [0.15, 0.2) is 53.5 Å². The van der Waals surface area contributed by atoms with Crippen molar-refractivity contribution in [3.63, 3.8) is 0 Å². The minimum absolute atomic E-state index is 0. The van der Waals surface area contributed by atoms with Crippen LogP contribution in [0, 0.1) is 5.82 Å². The predicted octanol–water partition coefficient (Wildman–Crippen LogP) is 3.33. The molecule has 0 fully saturated rings. The summed E-state index contributed by atoms with van der Waals surface area (Å²) in [6.07, 6.45) is -0.244. The lowest BCUT2D eigenvalue weighted by molar-refractivity contribution is 0.0956. The van der Waals surface area contributed by atoms with Crippen LogP contribution in [0.5, 0.6) is 5.75 Å². The van der Waals surface area contributed by atoms with E-state index in [1.54, 1.807) is 37.4 Å². The number of carbonyl (C=O) groups is 1. The van der Waals surface area contributed by atoms with Gasteiger partial charge < -0.3 is 20.7 Å². The quantitative estimate of drug-likeness (QED) is 0.287. The first kappa shape index (κ1) is 24.7. The van der Waals surface area contributed by atoms with E-state index < -0.39 is 0 Å². The summed E-state index contributed by atoms with van der Waals surface area (Å²) in [6, 6.07) is 13.7. The second kappa shape index (κ2) is 13.0. The fraction of sp³-hybridized carbons (Fsp3) is 0.333. The molecule has 0 saturated carbocycles. The number of nitrogens with zero attached hydrogens (tertiary/aromatic N) is 1. The largest absolute Gasteiger partial charge is 0.486 e. The molecule has 8 heteroatoms. The van der Waals surface area contributed by atoms with Crippen LogP contribution in [0.4, 0.5) is 4.39 Å². The fourth-order valence-electron chi connectivity index (χ4n) is 2.48. The van der Waals surface area contributed by atoms with E-state index in [1.807, 2.05) is 26.0 Å². The molecule has 0 radical (unpaired) electrons. The zero-order valence-corrected chi connectivity index (χ0v) is 19.2. The Bertz CT molecular complexity index is 800. The van der Waals surface area contributed by atoms with Gasteiger partial charge in [0.2, 0.25) is 0 Å². The SMILES string of the molecule is CCNC(=O)c1ccc(CNC(=NC)NCC(C)Oc2ccccc2F)cc1.I. The zero-order valence-electron chi connectivity index (χ0n) is 16.9. The van der Waals surface area contributed by atoms with Crippen LogP contribution in [0.2, 0.25) is 0 Å². The van der Waals surface area contributed by atoms with Crippen LogP contribution in [-0.4, -0.2) is 38.1 Å². The Hall–Kier alpha value is -2.36. The van der Waals surface area contributed by atoms with Gasteiger partial charge >= 0.3 is 0 Å². The number of benzene rings is 2. The lowest BCUT2D eigenvalue weighted by Crippen LogP contribution is -2.41. The van der Waals surface area contributed by atoms with Crippen molar-refractivity contribution in [2.24, 2.45) is 4.99 Å². The van der Waals surface area contributed by atoms with Gasteiger partial charge in [0, 0.05) is 25.7 Å². The summed E-state index contributed by atoms with van der Waals surface area (Å²) in [4.78, 5) is 15.9. The van der Waals surface area contributed by atoms with Crippen LogP contribution in [0.3, 0.4) is 0 Å². The smallest absolute Gasteiger partial charge is 0.251 e. The van der Waals surface area contributed by atoms with E-state index >= 15 is 0 Å². The highest BCUT2D eigenvalue weighted by Gasteiger charge is 2.09. The maximum Gasteiger partial charge on any atom is 0.251 e. The highest BCUT2D eigenvalue weighted by molar-refractivity contribution is 14.0. The normalized spacial score (nSPS) is 11.8. The van der Waals surface area contributed by atoms with E-state index in [2.05, 4.69) is 20.9 Å². The van der Waals surface area contributed by atoms with Gasteiger partial charge in [-0.2, -0.15) is 0 Å². The van der Waals surface area contributed by atoms with Crippen molar-refractivity contribution in [2.75, 3.05) is 20.1 Å².